The number of rotatable bonds is 5. The number of nitrogens with two attached hydrogens (primary N) is 1. The predicted octanol–water partition coefficient (Wildman–Crippen LogP) is 1.31. The summed E-state index contributed by atoms with van der Waals surface area (Å²) in [6.45, 7) is 5.32. The lowest BCUT2D eigenvalue weighted by Gasteiger charge is -2.31. The van der Waals surface area contributed by atoms with Crippen LogP contribution in [0.3, 0.4) is 0 Å². The molecular weight excluding hydrogens is 349 g/mol. The van der Waals surface area contributed by atoms with Crippen LogP contribution in [0.5, 0.6) is 0 Å². The van der Waals surface area contributed by atoms with E-state index in [0.717, 1.165) is 25.9 Å². The van der Waals surface area contributed by atoms with Crippen LogP contribution >= 0.6 is 0 Å². The van der Waals surface area contributed by atoms with Crippen molar-refractivity contribution in [1.82, 2.24) is 20.0 Å². The van der Waals surface area contributed by atoms with Gasteiger partial charge in [-0.05, 0) is 51.0 Å². The first-order valence-electron chi connectivity index (χ1n) is 8.99. The second-order valence-corrected chi connectivity index (χ2v) is 6.92. The zero-order valence-electron chi connectivity index (χ0n) is 15.5. The largest absolute Gasteiger partial charge is 0.369 e. The van der Waals surface area contributed by atoms with Crippen molar-refractivity contribution in [2.24, 2.45) is 5.73 Å². The third-order valence-electron chi connectivity index (χ3n) is 4.89. The van der Waals surface area contributed by atoms with E-state index in [1.54, 1.807) is 23.7 Å². The van der Waals surface area contributed by atoms with Crippen molar-refractivity contribution in [3.63, 3.8) is 0 Å². The number of carbonyl (C=O) groups excluding carboxylic acids is 2. The number of likely N-dealkylation sites (tertiary alicyclic amines) is 1. The summed E-state index contributed by atoms with van der Waals surface area (Å²) in [4.78, 5) is 25.8. The Labute approximate surface area is 157 Å². The molecule has 0 saturated carbocycles. The van der Waals surface area contributed by atoms with Crippen LogP contribution in [-0.2, 0) is 4.79 Å². The van der Waals surface area contributed by atoms with Crippen molar-refractivity contribution >= 4 is 11.8 Å². The molecule has 0 unspecified atom stereocenters. The van der Waals surface area contributed by atoms with E-state index >= 15 is 0 Å². The van der Waals surface area contributed by atoms with Gasteiger partial charge in [0.2, 0.25) is 5.91 Å². The van der Waals surface area contributed by atoms with E-state index < -0.39 is 0 Å². The summed E-state index contributed by atoms with van der Waals surface area (Å²) in [5, 5.41) is 7.51. The summed E-state index contributed by atoms with van der Waals surface area (Å²) in [6.07, 6.45) is 1.53. The average Bonchev–Trinajstić information content (AvgIpc) is 2.91. The van der Waals surface area contributed by atoms with E-state index in [2.05, 4.69) is 10.4 Å². The highest BCUT2D eigenvalue weighted by molar-refractivity contribution is 5.96. The van der Waals surface area contributed by atoms with Crippen molar-refractivity contribution in [2.75, 3.05) is 19.6 Å². The Kier molecular flexibility index (Phi) is 5.55. The van der Waals surface area contributed by atoms with Crippen LogP contribution in [0.2, 0.25) is 0 Å². The van der Waals surface area contributed by atoms with Gasteiger partial charge < -0.3 is 11.1 Å². The van der Waals surface area contributed by atoms with Crippen molar-refractivity contribution < 1.29 is 14.0 Å². The quantitative estimate of drug-likeness (QED) is 0.826. The molecule has 1 aliphatic rings. The molecule has 27 heavy (non-hydrogen) atoms. The van der Waals surface area contributed by atoms with Crippen molar-refractivity contribution in [1.29, 1.82) is 0 Å². The Bertz CT molecular complexity index is 839. The second-order valence-electron chi connectivity index (χ2n) is 6.92. The van der Waals surface area contributed by atoms with Gasteiger partial charge in [-0.15, -0.1) is 0 Å². The molecule has 0 aliphatic carbocycles. The molecule has 1 fully saturated rings. The van der Waals surface area contributed by atoms with Gasteiger partial charge in [0.15, 0.2) is 0 Å². The lowest BCUT2D eigenvalue weighted by atomic mass is 10.0. The first-order chi connectivity index (χ1) is 12.8. The van der Waals surface area contributed by atoms with Gasteiger partial charge in [-0.2, -0.15) is 5.10 Å². The van der Waals surface area contributed by atoms with Gasteiger partial charge in [0.1, 0.15) is 5.82 Å². The Morgan fingerprint density at radius 1 is 1.22 bits per heavy atom. The highest BCUT2D eigenvalue weighted by Crippen LogP contribution is 2.19. The summed E-state index contributed by atoms with van der Waals surface area (Å²) < 4.78 is 14.8. The number of piperidine rings is 1. The maximum Gasteiger partial charge on any atom is 0.255 e. The maximum absolute atomic E-state index is 13.2. The molecule has 3 rings (SSSR count). The lowest BCUT2D eigenvalue weighted by Crippen LogP contribution is -2.46. The fourth-order valence-electron chi connectivity index (χ4n) is 3.52. The number of benzene rings is 1. The standard InChI is InChI=1S/C19H24FN5O2/c1-12-18(13(2)25(23-12)16-5-3-14(20)4-6-16)19(27)22-15-7-9-24(10-8-15)11-17(21)26/h3-6,15H,7-11H2,1-2H3,(H2,21,26)(H,22,27). The lowest BCUT2D eigenvalue weighted by molar-refractivity contribution is -0.119. The number of aryl methyl sites for hydroxylation is 1. The minimum absolute atomic E-state index is 0.0506. The van der Waals surface area contributed by atoms with Gasteiger partial charge in [0.05, 0.1) is 29.2 Å². The molecule has 2 aromatic rings. The topological polar surface area (TPSA) is 93.2 Å². The van der Waals surface area contributed by atoms with Crippen LogP contribution in [0.15, 0.2) is 24.3 Å². The van der Waals surface area contributed by atoms with Gasteiger partial charge in [-0.1, -0.05) is 0 Å². The average molecular weight is 373 g/mol. The smallest absolute Gasteiger partial charge is 0.255 e. The Balaban J connectivity index is 1.69. The first kappa shape index (κ1) is 19.0. The molecule has 1 aliphatic heterocycles. The number of primary amides is 1. The van der Waals surface area contributed by atoms with Gasteiger partial charge in [0, 0.05) is 19.1 Å². The summed E-state index contributed by atoms with van der Waals surface area (Å²) >= 11 is 0. The van der Waals surface area contributed by atoms with E-state index in [0.29, 0.717) is 22.6 Å². The number of aromatic nitrogens is 2. The Morgan fingerprint density at radius 3 is 2.44 bits per heavy atom. The Hall–Kier alpha value is -2.74. The second kappa shape index (κ2) is 7.87. The monoisotopic (exact) mass is 373 g/mol. The summed E-state index contributed by atoms with van der Waals surface area (Å²) in [7, 11) is 0. The van der Waals surface area contributed by atoms with Crippen LogP contribution < -0.4 is 11.1 Å². The predicted molar refractivity (Wildman–Crippen MR) is 99.1 cm³/mol. The fraction of sp³-hybridized carbons (Fsp3) is 0.421. The number of hydrogen-bond acceptors (Lipinski definition) is 4. The molecule has 8 heteroatoms. The fourth-order valence-corrected chi connectivity index (χ4v) is 3.52. The third-order valence-corrected chi connectivity index (χ3v) is 4.89. The maximum atomic E-state index is 13.2. The van der Waals surface area contributed by atoms with Gasteiger partial charge in [-0.25, -0.2) is 9.07 Å². The first-order valence-corrected chi connectivity index (χ1v) is 8.99. The number of nitrogens with one attached hydrogen (secondary N) is 1. The Morgan fingerprint density at radius 2 is 1.85 bits per heavy atom. The van der Waals surface area contributed by atoms with Gasteiger partial charge in [-0.3, -0.25) is 14.5 Å². The molecule has 7 nitrogen and oxygen atoms in total. The van der Waals surface area contributed by atoms with Crippen LogP contribution in [0.1, 0.15) is 34.6 Å². The molecule has 1 aromatic heterocycles. The molecule has 144 valence electrons. The van der Waals surface area contributed by atoms with Crippen LogP contribution in [-0.4, -0.2) is 52.2 Å². The summed E-state index contributed by atoms with van der Waals surface area (Å²) in [5.41, 5.74) is 7.81. The van der Waals surface area contributed by atoms with E-state index in [9.17, 15) is 14.0 Å². The SMILES string of the molecule is Cc1nn(-c2ccc(F)cc2)c(C)c1C(=O)NC1CCN(CC(N)=O)CC1. The van der Waals surface area contributed by atoms with Crippen LogP contribution in [0.4, 0.5) is 4.39 Å². The number of carbonyl (C=O) groups is 2. The van der Waals surface area contributed by atoms with Crippen molar-refractivity contribution in [3.8, 4) is 5.69 Å². The highest BCUT2D eigenvalue weighted by Gasteiger charge is 2.25. The minimum Gasteiger partial charge on any atom is -0.369 e. The van der Waals surface area contributed by atoms with Gasteiger partial charge >= 0.3 is 0 Å². The minimum atomic E-state index is -0.336. The van der Waals surface area contributed by atoms with Crippen molar-refractivity contribution in [3.05, 3.63) is 47.0 Å². The molecule has 2 heterocycles. The van der Waals surface area contributed by atoms with E-state index in [1.807, 2.05) is 11.8 Å². The van der Waals surface area contributed by atoms with Crippen LogP contribution in [0, 0.1) is 19.7 Å². The zero-order valence-corrected chi connectivity index (χ0v) is 15.5. The number of amides is 2. The molecular formula is C19H24FN5O2. The molecule has 0 bridgehead atoms. The summed E-state index contributed by atoms with van der Waals surface area (Å²) in [6, 6.07) is 6.04. The van der Waals surface area contributed by atoms with E-state index in [1.165, 1.54) is 12.1 Å². The number of nitrogens with zero attached hydrogens (tertiary/aromatic N) is 3. The van der Waals surface area contributed by atoms with E-state index in [4.69, 9.17) is 5.73 Å². The number of halogens is 1. The molecule has 3 N–H and O–H groups in total. The molecule has 1 aromatic carbocycles. The molecule has 1 saturated heterocycles. The van der Waals surface area contributed by atoms with Crippen LogP contribution in [0.25, 0.3) is 5.69 Å². The molecule has 0 radical (unpaired) electrons. The molecule has 2 amide bonds. The van der Waals surface area contributed by atoms with Crippen molar-refractivity contribution in [2.45, 2.75) is 32.7 Å². The molecule has 0 spiro atoms. The zero-order chi connectivity index (χ0) is 19.6. The van der Waals surface area contributed by atoms with E-state index in [-0.39, 0.29) is 30.2 Å². The third kappa shape index (κ3) is 4.33. The highest BCUT2D eigenvalue weighted by atomic mass is 19.1. The normalized spacial score (nSPS) is 15.7. The summed E-state index contributed by atoms with van der Waals surface area (Å²) in [5.74, 6) is -0.815. The van der Waals surface area contributed by atoms with Gasteiger partial charge in [0.25, 0.3) is 5.91 Å². The molecule has 0 atom stereocenters. The number of hydrogen-bond donors (Lipinski definition) is 2.